The minimum Gasteiger partial charge on any atom is -0.299 e. The lowest BCUT2D eigenvalue weighted by Gasteiger charge is -2.39. The standard InChI is InChI=1S/C18H31NO3S/c1-12(2)13(3)19(15-6-7-15)23(21,22)11-18-9-8-14(10-16(18)20)17(18,4)5/h12-15H,6-11H2,1-5H3. The first-order valence-electron chi connectivity index (χ1n) is 9.07. The Kier molecular flexibility index (Phi) is 4.00. The molecule has 0 saturated heterocycles. The van der Waals surface area contributed by atoms with Crippen molar-refractivity contribution < 1.29 is 13.2 Å². The number of nitrogens with zero attached hydrogens (tertiary/aromatic N) is 1. The minimum atomic E-state index is -3.42. The maximum Gasteiger partial charge on any atom is 0.215 e. The highest BCUT2D eigenvalue weighted by Crippen LogP contribution is 2.64. The first-order valence-corrected chi connectivity index (χ1v) is 10.7. The average molecular weight is 342 g/mol. The number of Topliss-reactive ketones (excluding diaryl/α,β-unsaturated/α-hetero) is 1. The molecule has 0 aromatic carbocycles. The van der Waals surface area contributed by atoms with Crippen LogP contribution in [-0.2, 0) is 14.8 Å². The molecule has 0 spiro atoms. The predicted molar refractivity (Wildman–Crippen MR) is 91.5 cm³/mol. The van der Waals surface area contributed by atoms with Crippen LogP contribution in [0.2, 0.25) is 0 Å². The molecular formula is C18H31NO3S. The molecule has 3 saturated carbocycles. The third-order valence-electron chi connectivity index (χ3n) is 7.16. The first-order chi connectivity index (χ1) is 10.5. The van der Waals surface area contributed by atoms with E-state index < -0.39 is 15.4 Å². The SMILES string of the molecule is CC(C)C(C)N(C1CC1)S(=O)(=O)CC12CCC(CC1=O)C2(C)C. The fourth-order valence-corrected chi connectivity index (χ4v) is 7.79. The molecule has 3 fully saturated rings. The monoisotopic (exact) mass is 341 g/mol. The number of sulfonamides is 1. The predicted octanol–water partition coefficient (Wildman–Crippen LogP) is 3.22. The van der Waals surface area contributed by atoms with Gasteiger partial charge in [0.15, 0.2) is 0 Å². The van der Waals surface area contributed by atoms with Gasteiger partial charge in [-0.1, -0.05) is 27.7 Å². The number of ketones is 1. The molecule has 0 heterocycles. The molecule has 23 heavy (non-hydrogen) atoms. The van der Waals surface area contributed by atoms with E-state index in [4.69, 9.17) is 0 Å². The second-order valence-corrected chi connectivity index (χ2v) is 10.8. The summed E-state index contributed by atoms with van der Waals surface area (Å²) in [7, 11) is -3.42. The molecule has 3 unspecified atom stereocenters. The van der Waals surface area contributed by atoms with Crippen molar-refractivity contribution in [2.45, 2.75) is 78.8 Å². The molecule has 0 N–H and O–H groups in total. The largest absolute Gasteiger partial charge is 0.299 e. The number of carbonyl (C=O) groups is 1. The molecule has 0 radical (unpaired) electrons. The van der Waals surface area contributed by atoms with Crippen molar-refractivity contribution in [3.63, 3.8) is 0 Å². The number of fused-ring (bicyclic) bond motifs is 2. The van der Waals surface area contributed by atoms with Crippen LogP contribution < -0.4 is 0 Å². The third-order valence-corrected chi connectivity index (χ3v) is 9.29. The van der Waals surface area contributed by atoms with Crippen molar-refractivity contribution >= 4 is 15.8 Å². The van der Waals surface area contributed by atoms with E-state index in [2.05, 4.69) is 27.7 Å². The van der Waals surface area contributed by atoms with Crippen LogP contribution in [0, 0.1) is 22.7 Å². The second kappa shape index (κ2) is 5.29. The summed E-state index contributed by atoms with van der Waals surface area (Å²) in [5, 5.41) is 0. The molecule has 132 valence electrons. The zero-order chi connectivity index (χ0) is 17.2. The Morgan fingerprint density at radius 1 is 1.17 bits per heavy atom. The summed E-state index contributed by atoms with van der Waals surface area (Å²) in [4.78, 5) is 12.7. The highest BCUT2D eigenvalue weighted by Gasteiger charge is 2.66. The summed E-state index contributed by atoms with van der Waals surface area (Å²) < 4.78 is 28.4. The third kappa shape index (κ3) is 2.50. The highest BCUT2D eigenvalue weighted by molar-refractivity contribution is 7.89. The molecule has 2 bridgehead atoms. The second-order valence-electron chi connectivity index (χ2n) is 8.97. The van der Waals surface area contributed by atoms with E-state index in [9.17, 15) is 13.2 Å². The van der Waals surface area contributed by atoms with Gasteiger partial charge in [0.1, 0.15) is 5.78 Å². The fourth-order valence-electron chi connectivity index (χ4n) is 4.93. The van der Waals surface area contributed by atoms with E-state index in [1.807, 2.05) is 6.92 Å². The topological polar surface area (TPSA) is 54.5 Å². The van der Waals surface area contributed by atoms with Gasteiger partial charge >= 0.3 is 0 Å². The van der Waals surface area contributed by atoms with E-state index in [1.54, 1.807) is 4.31 Å². The van der Waals surface area contributed by atoms with Gasteiger partial charge in [0.05, 0.1) is 5.75 Å². The van der Waals surface area contributed by atoms with Crippen LogP contribution in [0.5, 0.6) is 0 Å². The molecule has 0 aromatic rings. The maximum atomic E-state index is 13.3. The Morgan fingerprint density at radius 3 is 2.17 bits per heavy atom. The van der Waals surface area contributed by atoms with E-state index in [0.717, 1.165) is 25.7 Å². The Labute approximate surface area is 141 Å². The first kappa shape index (κ1) is 17.4. The molecule has 3 rings (SSSR count). The lowest BCUT2D eigenvalue weighted by atomic mass is 9.70. The average Bonchev–Trinajstić information content (AvgIpc) is 3.18. The minimum absolute atomic E-state index is 0.000664. The van der Waals surface area contributed by atoms with Crippen molar-refractivity contribution in [2.24, 2.45) is 22.7 Å². The molecule has 3 aliphatic rings. The Morgan fingerprint density at radius 2 is 1.78 bits per heavy atom. The summed E-state index contributed by atoms with van der Waals surface area (Å²) in [5.74, 6) is 0.861. The van der Waals surface area contributed by atoms with E-state index in [-0.39, 0.29) is 35.0 Å². The van der Waals surface area contributed by atoms with Gasteiger partial charge in [-0.25, -0.2) is 8.42 Å². The van der Waals surface area contributed by atoms with Gasteiger partial charge in [-0.2, -0.15) is 4.31 Å². The van der Waals surface area contributed by atoms with Crippen molar-refractivity contribution in [2.75, 3.05) is 5.75 Å². The number of carbonyl (C=O) groups excluding carboxylic acids is 1. The van der Waals surface area contributed by atoms with Crippen molar-refractivity contribution in [3.8, 4) is 0 Å². The molecule has 3 aliphatic carbocycles. The van der Waals surface area contributed by atoms with Gasteiger partial charge in [-0.3, -0.25) is 4.79 Å². The normalized spacial score (nSPS) is 34.6. The van der Waals surface area contributed by atoms with Gasteiger partial charge < -0.3 is 0 Å². The molecule has 5 heteroatoms. The highest BCUT2D eigenvalue weighted by atomic mass is 32.2. The van der Waals surface area contributed by atoms with Crippen LogP contribution >= 0.6 is 0 Å². The van der Waals surface area contributed by atoms with E-state index in [0.29, 0.717) is 12.3 Å². The molecule has 0 aliphatic heterocycles. The quantitative estimate of drug-likeness (QED) is 0.745. The maximum absolute atomic E-state index is 13.3. The van der Waals surface area contributed by atoms with Crippen LogP contribution in [0.25, 0.3) is 0 Å². The van der Waals surface area contributed by atoms with Gasteiger partial charge in [0, 0.05) is 23.9 Å². The summed E-state index contributed by atoms with van der Waals surface area (Å²) in [6.07, 6.45) is 4.24. The van der Waals surface area contributed by atoms with Crippen LogP contribution in [0.1, 0.15) is 66.7 Å². The zero-order valence-corrected chi connectivity index (χ0v) is 15.9. The summed E-state index contributed by atoms with van der Waals surface area (Å²) in [6, 6.07) is 0.159. The van der Waals surface area contributed by atoms with Crippen LogP contribution in [0.3, 0.4) is 0 Å². The van der Waals surface area contributed by atoms with Crippen LogP contribution in [0.15, 0.2) is 0 Å². The van der Waals surface area contributed by atoms with Crippen LogP contribution in [-0.4, -0.2) is 36.3 Å². The Bertz CT molecular complexity index is 606. The van der Waals surface area contributed by atoms with Gasteiger partial charge in [0.25, 0.3) is 0 Å². The molecular weight excluding hydrogens is 310 g/mol. The van der Waals surface area contributed by atoms with Crippen molar-refractivity contribution in [3.05, 3.63) is 0 Å². The van der Waals surface area contributed by atoms with Crippen LogP contribution in [0.4, 0.5) is 0 Å². The Hall–Kier alpha value is -0.420. The molecule has 3 atom stereocenters. The lowest BCUT2D eigenvalue weighted by Crippen LogP contribution is -2.50. The molecule has 4 nitrogen and oxygen atoms in total. The summed E-state index contributed by atoms with van der Waals surface area (Å²) in [6.45, 7) is 10.4. The fraction of sp³-hybridized carbons (Fsp3) is 0.944. The lowest BCUT2D eigenvalue weighted by molar-refractivity contribution is -0.128. The Balaban J connectivity index is 1.92. The number of hydrogen-bond acceptors (Lipinski definition) is 3. The smallest absolute Gasteiger partial charge is 0.215 e. The summed E-state index contributed by atoms with van der Waals surface area (Å²) >= 11 is 0. The van der Waals surface area contributed by atoms with Gasteiger partial charge in [-0.05, 0) is 49.9 Å². The van der Waals surface area contributed by atoms with E-state index >= 15 is 0 Å². The zero-order valence-electron chi connectivity index (χ0n) is 15.1. The van der Waals surface area contributed by atoms with Crippen molar-refractivity contribution in [1.29, 1.82) is 0 Å². The number of hydrogen-bond donors (Lipinski definition) is 0. The summed E-state index contributed by atoms with van der Waals surface area (Å²) in [5.41, 5.74) is -0.840. The van der Waals surface area contributed by atoms with E-state index in [1.165, 1.54) is 0 Å². The van der Waals surface area contributed by atoms with Gasteiger partial charge in [-0.15, -0.1) is 0 Å². The molecule has 0 amide bonds. The molecule has 0 aromatic heterocycles. The van der Waals surface area contributed by atoms with Gasteiger partial charge in [0.2, 0.25) is 10.0 Å². The van der Waals surface area contributed by atoms with Crippen molar-refractivity contribution in [1.82, 2.24) is 4.31 Å². The number of rotatable bonds is 6.